The number of aryl methyl sites for hydroxylation is 1. The maximum absolute atomic E-state index is 12.5. The minimum Gasteiger partial charge on any atom is -0.347 e. The number of anilines is 1. The summed E-state index contributed by atoms with van der Waals surface area (Å²) in [7, 11) is 0. The number of fused-ring (bicyclic) bond motifs is 1. The van der Waals surface area contributed by atoms with Gasteiger partial charge in [-0.05, 0) is 49.8 Å². The van der Waals surface area contributed by atoms with Crippen molar-refractivity contribution in [3.8, 4) is 0 Å². The number of rotatable bonds is 4. The summed E-state index contributed by atoms with van der Waals surface area (Å²) in [5.74, 6) is 0.187. The minimum absolute atomic E-state index is 0.0170. The third-order valence-corrected chi connectivity index (χ3v) is 5.12. The zero-order valence-electron chi connectivity index (χ0n) is 13.5. The number of carbonyl (C=O) groups is 2. The molecule has 0 bridgehead atoms. The quantitative estimate of drug-likeness (QED) is 0.883. The van der Waals surface area contributed by atoms with Gasteiger partial charge in [0.15, 0.2) is 0 Å². The first-order valence-corrected chi connectivity index (χ1v) is 8.56. The van der Waals surface area contributed by atoms with E-state index < -0.39 is 0 Å². The largest absolute Gasteiger partial charge is 0.347 e. The van der Waals surface area contributed by atoms with Gasteiger partial charge in [0.1, 0.15) is 0 Å². The Bertz CT molecular complexity index is 587. The number of hydrogen-bond acceptors (Lipinski definition) is 3. The predicted octanol–water partition coefficient (Wildman–Crippen LogP) is 1.46. The molecule has 0 saturated heterocycles. The second-order valence-corrected chi connectivity index (χ2v) is 6.53. The molecule has 1 aromatic carbocycles. The fourth-order valence-corrected chi connectivity index (χ4v) is 3.85. The minimum atomic E-state index is -0.0344. The van der Waals surface area contributed by atoms with Gasteiger partial charge in [-0.2, -0.15) is 0 Å². The van der Waals surface area contributed by atoms with Crippen LogP contribution in [0.2, 0.25) is 0 Å². The zero-order chi connectivity index (χ0) is 16.2. The van der Waals surface area contributed by atoms with E-state index in [-0.39, 0.29) is 30.2 Å². The summed E-state index contributed by atoms with van der Waals surface area (Å²) >= 11 is 0. The van der Waals surface area contributed by atoms with Gasteiger partial charge in [0, 0.05) is 18.2 Å². The average Bonchev–Trinajstić information content (AvgIpc) is 3.07. The molecule has 1 fully saturated rings. The molecule has 5 heteroatoms. The zero-order valence-corrected chi connectivity index (χ0v) is 13.5. The van der Waals surface area contributed by atoms with E-state index in [1.54, 1.807) is 4.90 Å². The van der Waals surface area contributed by atoms with Crippen molar-refractivity contribution >= 4 is 17.5 Å². The molecule has 1 aliphatic carbocycles. The molecule has 2 amide bonds. The molecule has 1 aromatic rings. The lowest BCUT2D eigenvalue weighted by molar-refractivity contribution is -0.128. The van der Waals surface area contributed by atoms with Crippen LogP contribution in [0.25, 0.3) is 0 Å². The Morgan fingerprint density at radius 1 is 1.22 bits per heavy atom. The van der Waals surface area contributed by atoms with Gasteiger partial charge in [-0.1, -0.05) is 24.6 Å². The number of nitrogens with two attached hydrogens (primary N) is 1. The maximum Gasteiger partial charge on any atom is 0.246 e. The summed E-state index contributed by atoms with van der Waals surface area (Å²) in [4.78, 5) is 26.6. The summed E-state index contributed by atoms with van der Waals surface area (Å²) in [5.41, 5.74) is 7.92. The highest BCUT2D eigenvalue weighted by Gasteiger charge is 2.32. The first-order chi connectivity index (χ1) is 11.2. The fourth-order valence-electron chi connectivity index (χ4n) is 3.85. The highest BCUT2D eigenvalue weighted by Crippen LogP contribution is 2.31. The lowest BCUT2D eigenvalue weighted by Crippen LogP contribution is -2.44. The Morgan fingerprint density at radius 3 is 2.87 bits per heavy atom. The van der Waals surface area contributed by atoms with E-state index in [2.05, 4.69) is 11.4 Å². The van der Waals surface area contributed by atoms with Gasteiger partial charge < -0.3 is 16.0 Å². The summed E-state index contributed by atoms with van der Waals surface area (Å²) in [6, 6.07) is 8.00. The third kappa shape index (κ3) is 3.39. The van der Waals surface area contributed by atoms with Gasteiger partial charge in [0.05, 0.1) is 6.54 Å². The second-order valence-electron chi connectivity index (χ2n) is 6.53. The van der Waals surface area contributed by atoms with Crippen molar-refractivity contribution in [3.63, 3.8) is 0 Å². The first-order valence-electron chi connectivity index (χ1n) is 8.56. The van der Waals surface area contributed by atoms with E-state index in [4.69, 9.17) is 5.73 Å². The standard InChI is InChI=1S/C18H25N3O2/c19-11-14-6-3-8-15(14)18(23)20-12-17(22)21-10-4-7-13-5-1-2-9-16(13)21/h1-2,5,9,14-15H,3-4,6-8,10-12,19H2,(H,20,23)/t14-,15-/m1/s1. The van der Waals surface area contributed by atoms with Crippen LogP contribution in [0.3, 0.4) is 0 Å². The molecular weight excluding hydrogens is 290 g/mol. The maximum atomic E-state index is 12.5. The molecule has 1 saturated carbocycles. The summed E-state index contributed by atoms with van der Waals surface area (Å²) in [6.45, 7) is 1.34. The van der Waals surface area contributed by atoms with Crippen LogP contribution in [0.5, 0.6) is 0 Å². The van der Waals surface area contributed by atoms with Crippen molar-refractivity contribution in [2.24, 2.45) is 17.6 Å². The van der Waals surface area contributed by atoms with Gasteiger partial charge in [-0.25, -0.2) is 0 Å². The van der Waals surface area contributed by atoms with Crippen LogP contribution in [-0.4, -0.2) is 31.4 Å². The number of carbonyl (C=O) groups excluding carboxylic acids is 2. The van der Waals surface area contributed by atoms with Crippen molar-refractivity contribution < 1.29 is 9.59 Å². The van der Waals surface area contributed by atoms with Crippen molar-refractivity contribution in [3.05, 3.63) is 29.8 Å². The molecule has 1 heterocycles. The molecule has 124 valence electrons. The van der Waals surface area contributed by atoms with Crippen LogP contribution >= 0.6 is 0 Å². The van der Waals surface area contributed by atoms with Crippen LogP contribution in [0.4, 0.5) is 5.69 Å². The summed E-state index contributed by atoms with van der Waals surface area (Å²) in [6.07, 6.45) is 4.92. The Hall–Kier alpha value is -1.88. The molecule has 2 atom stereocenters. The average molecular weight is 315 g/mol. The molecule has 3 rings (SSSR count). The van der Waals surface area contributed by atoms with Crippen LogP contribution in [0.15, 0.2) is 24.3 Å². The third-order valence-electron chi connectivity index (χ3n) is 5.12. The number of para-hydroxylation sites is 1. The van der Waals surface area contributed by atoms with Crippen LogP contribution in [-0.2, 0) is 16.0 Å². The molecule has 0 radical (unpaired) electrons. The number of nitrogens with one attached hydrogen (secondary N) is 1. The Morgan fingerprint density at radius 2 is 2.04 bits per heavy atom. The summed E-state index contributed by atoms with van der Waals surface area (Å²) < 4.78 is 0. The molecule has 3 N–H and O–H groups in total. The molecule has 0 unspecified atom stereocenters. The number of nitrogens with zero attached hydrogens (tertiary/aromatic N) is 1. The van der Waals surface area contributed by atoms with Crippen LogP contribution in [0.1, 0.15) is 31.2 Å². The Kier molecular flexibility index (Phi) is 4.96. The number of hydrogen-bond donors (Lipinski definition) is 2. The fraction of sp³-hybridized carbons (Fsp3) is 0.556. The lowest BCUT2D eigenvalue weighted by Gasteiger charge is -2.29. The van der Waals surface area contributed by atoms with Gasteiger partial charge >= 0.3 is 0 Å². The van der Waals surface area contributed by atoms with Crippen LogP contribution < -0.4 is 16.0 Å². The van der Waals surface area contributed by atoms with E-state index in [1.807, 2.05) is 18.2 Å². The number of amides is 2. The van der Waals surface area contributed by atoms with Crippen molar-refractivity contribution in [1.82, 2.24) is 5.32 Å². The van der Waals surface area contributed by atoms with E-state index in [0.717, 1.165) is 44.3 Å². The van der Waals surface area contributed by atoms with E-state index in [0.29, 0.717) is 6.54 Å². The first kappa shape index (κ1) is 16.0. The van der Waals surface area contributed by atoms with E-state index >= 15 is 0 Å². The second kappa shape index (κ2) is 7.13. The number of benzene rings is 1. The molecule has 2 aliphatic rings. The molecule has 0 spiro atoms. The highest BCUT2D eigenvalue weighted by atomic mass is 16.2. The SMILES string of the molecule is NC[C@H]1CCC[C@H]1C(=O)NCC(=O)N1CCCc2ccccc21. The lowest BCUT2D eigenvalue weighted by atomic mass is 9.95. The van der Waals surface area contributed by atoms with E-state index in [9.17, 15) is 9.59 Å². The van der Waals surface area contributed by atoms with Gasteiger partial charge in [-0.3, -0.25) is 9.59 Å². The van der Waals surface area contributed by atoms with Gasteiger partial charge in [0.25, 0.3) is 0 Å². The van der Waals surface area contributed by atoms with Crippen molar-refractivity contribution in [1.29, 1.82) is 0 Å². The topological polar surface area (TPSA) is 75.4 Å². The van der Waals surface area contributed by atoms with E-state index in [1.165, 1.54) is 5.56 Å². The Balaban J connectivity index is 1.59. The van der Waals surface area contributed by atoms with Gasteiger partial charge in [0.2, 0.25) is 11.8 Å². The van der Waals surface area contributed by atoms with Crippen molar-refractivity contribution in [2.45, 2.75) is 32.1 Å². The van der Waals surface area contributed by atoms with Crippen molar-refractivity contribution in [2.75, 3.05) is 24.5 Å². The summed E-state index contributed by atoms with van der Waals surface area (Å²) in [5, 5.41) is 2.83. The molecule has 23 heavy (non-hydrogen) atoms. The highest BCUT2D eigenvalue weighted by molar-refractivity contribution is 5.97. The normalized spacial score (nSPS) is 23.4. The van der Waals surface area contributed by atoms with Gasteiger partial charge in [-0.15, -0.1) is 0 Å². The monoisotopic (exact) mass is 315 g/mol. The predicted molar refractivity (Wildman–Crippen MR) is 90.0 cm³/mol. The molecule has 0 aromatic heterocycles. The smallest absolute Gasteiger partial charge is 0.246 e. The molecule has 5 nitrogen and oxygen atoms in total. The van der Waals surface area contributed by atoms with Crippen LogP contribution in [0, 0.1) is 11.8 Å². The molecule has 1 aliphatic heterocycles. The Labute approximate surface area is 137 Å². The molecular formula is C18H25N3O2.